The molecule has 2 nitrogen and oxygen atoms in total. The average Bonchev–Trinajstić information content (AvgIpc) is 1.92. The summed E-state index contributed by atoms with van der Waals surface area (Å²) in [4.78, 5) is 0. The van der Waals surface area contributed by atoms with Crippen LogP contribution in [0.1, 0.15) is 6.92 Å². The van der Waals surface area contributed by atoms with Gasteiger partial charge in [0.25, 0.3) is 0 Å². The van der Waals surface area contributed by atoms with Crippen molar-refractivity contribution in [1.82, 2.24) is 5.32 Å². The first kappa shape index (κ1) is 6.96. The van der Waals surface area contributed by atoms with Gasteiger partial charge in [0.1, 0.15) is 5.67 Å². The fourth-order valence-corrected chi connectivity index (χ4v) is 0.829. The zero-order valence-corrected chi connectivity index (χ0v) is 5.61. The number of rotatable bonds is 0. The van der Waals surface area contributed by atoms with Gasteiger partial charge in [0.05, 0.1) is 13.2 Å². The Kier molecular flexibility index (Phi) is 2.03. The zero-order chi connectivity index (χ0) is 6.74. The van der Waals surface area contributed by atoms with Crippen LogP contribution >= 0.6 is 0 Å². The van der Waals surface area contributed by atoms with Gasteiger partial charge in [-0.15, -0.1) is 0 Å². The largest absolute Gasteiger partial charge is 0.377 e. The van der Waals surface area contributed by atoms with Gasteiger partial charge in [-0.1, -0.05) is 0 Å². The number of halogens is 1. The highest BCUT2D eigenvalue weighted by Crippen LogP contribution is 2.10. The van der Waals surface area contributed by atoms with Crippen LogP contribution in [0.3, 0.4) is 0 Å². The fraction of sp³-hybridized carbons (Fsp3) is 1.00. The molecular weight excluding hydrogens is 121 g/mol. The monoisotopic (exact) mass is 133 g/mol. The Morgan fingerprint density at radius 3 is 3.22 bits per heavy atom. The van der Waals surface area contributed by atoms with Crippen molar-refractivity contribution in [3.63, 3.8) is 0 Å². The summed E-state index contributed by atoms with van der Waals surface area (Å²) in [6.45, 7) is 3.57. The number of ether oxygens (including phenoxy) is 1. The second-order valence-corrected chi connectivity index (χ2v) is 2.64. The molecule has 1 heterocycles. The maximum Gasteiger partial charge on any atom is 0.143 e. The van der Waals surface area contributed by atoms with E-state index in [1.807, 2.05) is 0 Å². The predicted molar refractivity (Wildman–Crippen MR) is 33.2 cm³/mol. The molecule has 0 amide bonds. The van der Waals surface area contributed by atoms with Crippen molar-refractivity contribution in [2.45, 2.75) is 12.6 Å². The molecule has 1 fully saturated rings. The van der Waals surface area contributed by atoms with Crippen molar-refractivity contribution in [2.75, 3.05) is 26.3 Å². The molecule has 1 aliphatic rings. The topological polar surface area (TPSA) is 21.3 Å². The summed E-state index contributed by atoms with van der Waals surface area (Å²) >= 11 is 0. The number of hydrogen-bond acceptors (Lipinski definition) is 2. The quantitative estimate of drug-likeness (QED) is 0.514. The second-order valence-electron chi connectivity index (χ2n) is 2.64. The molecule has 3 heteroatoms. The molecule has 0 aromatic heterocycles. The van der Waals surface area contributed by atoms with Crippen LogP contribution in [-0.2, 0) is 4.74 Å². The first-order valence-electron chi connectivity index (χ1n) is 3.18. The smallest absolute Gasteiger partial charge is 0.143 e. The minimum Gasteiger partial charge on any atom is -0.377 e. The molecule has 9 heavy (non-hydrogen) atoms. The van der Waals surface area contributed by atoms with E-state index in [-0.39, 0.29) is 6.61 Å². The Morgan fingerprint density at radius 2 is 2.44 bits per heavy atom. The lowest BCUT2D eigenvalue weighted by Crippen LogP contribution is -2.34. The molecule has 1 aliphatic heterocycles. The molecule has 54 valence electrons. The molecular formula is C6H12FNO. The van der Waals surface area contributed by atoms with Gasteiger partial charge in [-0.3, -0.25) is 0 Å². The maximum absolute atomic E-state index is 12.9. The Morgan fingerprint density at radius 1 is 1.67 bits per heavy atom. The van der Waals surface area contributed by atoms with Crippen LogP contribution in [0.4, 0.5) is 4.39 Å². The molecule has 0 bridgehead atoms. The molecule has 0 spiro atoms. The van der Waals surface area contributed by atoms with Crippen molar-refractivity contribution < 1.29 is 9.13 Å². The fourth-order valence-electron chi connectivity index (χ4n) is 0.829. The highest BCUT2D eigenvalue weighted by molar-refractivity contribution is 4.77. The lowest BCUT2D eigenvalue weighted by Gasteiger charge is -2.15. The Hall–Kier alpha value is -0.150. The standard InChI is InChI=1S/C6H12FNO/c1-6(7)4-8-2-3-9-5-6/h8H,2-5H2,1H3/t6-/m1/s1. The molecule has 0 saturated carbocycles. The van der Waals surface area contributed by atoms with E-state index in [9.17, 15) is 4.39 Å². The third-order valence-corrected chi connectivity index (χ3v) is 1.32. The highest BCUT2D eigenvalue weighted by atomic mass is 19.1. The lowest BCUT2D eigenvalue weighted by atomic mass is 10.1. The third-order valence-electron chi connectivity index (χ3n) is 1.32. The Balaban J connectivity index is 2.36. The van der Waals surface area contributed by atoms with Crippen LogP contribution < -0.4 is 5.32 Å². The summed E-state index contributed by atoms with van der Waals surface area (Å²) in [5, 5.41) is 2.94. The van der Waals surface area contributed by atoms with E-state index in [1.165, 1.54) is 0 Å². The minimum absolute atomic E-state index is 0.222. The summed E-state index contributed by atoms with van der Waals surface area (Å²) in [6.07, 6.45) is 0. The molecule has 0 aromatic carbocycles. The van der Waals surface area contributed by atoms with E-state index in [0.29, 0.717) is 13.2 Å². The number of nitrogens with one attached hydrogen (secondary N) is 1. The van der Waals surface area contributed by atoms with Gasteiger partial charge in [0, 0.05) is 13.1 Å². The average molecular weight is 133 g/mol. The lowest BCUT2D eigenvalue weighted by molar-refractivity contribution is 0.0503. The van der Waals surface area contributed by atoms with E-state index < -0.39 is 5.67 Å². The molecule has 0 unspecified atom stereocenters. The third kappa shape index (κ3) is 2.28. The van der Waals surface area contributed by atoms with Crippen molar-refractivity contribution in [1.29, 1.82) is 0 Å². The van der Waals surface area contributed by atoms with E-state index in [0.717, 1.165) is 6.54 Å². The summed E-state index contributed by atoms with van der Waals surface area (Å²) in [7, 11) is 0. The first-order valence-corrected chi connectivity index (χ1v) is 3.18. The number of hydrogen-bond donors (Lipinski definition) is 1. The van der Waals surface area contributed by atoms with Crippen LogP contribution in [0.15, 0.2) is 0 Å². The normalized spacial score (nSPS) is 38.0. The highest BCUT2D eigenvalue weighted by Gasteiger charge is 2.24. The molecule has 1 rings (SSSR count). The summed E-state index contributed by atoms with van der Waals surface area (Å²) in [5.74, 6) is 0. The maximum atomic E-state index is 12.9. The van der Waals surface area contributed by atoms with Gasteiger partial charge in [-0.25, -0.2) is 4.39 Å². The molecule has 1 saturated heterocycles. The van der Waals surface area contributed by atoms with Gasteiger partial charge < -0.3 is 10.1 Å². The van der Waals surface area contributed by atoms with Crippen LogP contribution in [-0.4, -0.2) is 32.0 Å². The second kappa shape index (κ2) is 2.62. The van der Waals surface area contributed by atoms with Crippen molar-refractivity contribution in [3.8, 4) is 0 Å². The summed E-state index contributed by atoms with van der Waals surface area (Å²) in [6, 6.07) is 0. The SMILES string of the molecule is C[C@@]1(F)CNCCOC1. The van der Waals surface area contributed by atoms with Crippen LogP contribution in [0, 0.1) is 0 Å². The van der Waals surface area contributed by atoms with Gasteiger partial charge in [-0.2, -0.15) is 0 Å². The summed E-state index contributed by atoms with van der Waals surface area (Å²) in [5.41, 5.74) is -1.17. The molecule has 0 aromatic rings. The molecule has 0 aliphatic carbocycles. The Bertz CT molecular complexity index is 85.1. The van der Waals surface area contributed by atoms with Gasteiger partial charge >= 0.3 is 0 Å². The van der Waals surface area contributed by atoms with E-state index in [4.69, 9.17) is 4.74 Å². The minimum atomic E-state index is -1.17. The van der Waals surface area contributed by atoms with Crippen molar-refractivity contribution in [2.24, 2.45) is 0 Å². The zero-order valence-electron chi connectivity index (χ0n) is 5.61. The van der Waals surface area contributed by atoms with E-state index in [1.54, 1.807) is 6.92 Å². The number of alkyl halides is 1. The van der Waals surface area contributed by atoms with E-state index >= 15 is 0 Å². The first-order chi connectivity index (χ1) is 4.21. The van der Waals surface area contributed by atoms with Crippen LogP contribution in [0.25, 0.3) is 0 Å². The van der Waals surface area contributed by atoms with Crippen molar-refractivity contribution in [3.05, 3.63) is 0 Å². The van der Waals surface area contributed by atoms with Crippen molar-refractivity contribution >= 4 is 0 Å². The van der Waals surface area contributed by atoms with E-state index in [2.05, 4.69) is 5.32 Å². The van der Waals surface area contributed by atoms with Crippen LogP contribution in [0.2, 0.25) is 0 Å². The molecule has 1 atom stereocenters. The molecule has 0 radical (unpaired) electrons. The van der Waals surface area contributed by atoms with Gasteiger partial charge in [0.15, 0.2) is 0 Å². The molecule has 1 N–H and O–H groups in total. The Labute approximate surface area is 54.4 Å². The van der Waals surface area contributed by atoms with Gasteiger partial charge in [-0.05, 0) is 6.92 Å². The van der Waals surface area contributed by atoms with Gasteiger partial charge in [0.2, 0.25) is 0 Å². The predicted octanol–water partition coefficient (Wildman–Crippen LogP) is 0.334. The van der Waals surface area contributed by atoms with Crippen LogP contribution in [0.5, 0.6) is 0 Å². The summed E-state index contributed by atoms with van der Waals surface area (Å²) < 4.78 is 17.9.